The van der Waals surface area contributed by atoms with Crippen molar-refractivity contribution in [2.75, 3.05) is 37.6 Å². The number of fused-ring (bicyclic) bond motifs is 1. The second-order valence-corrected chi connectivity index (χ2v) is 9.37. The number of halogens is 1. The molecule has 6 heteroatoms. The maximum Gasteiger partial charge on any atom is 0.223 e. The Labute approximate surface area is 195 Å². The fraction of sp³-hybridized carbons (Fsp3) is 0.444. The van der Waals surface area contributed by atoms with Gasteiger partial charge in [-0.05, 0) is 74.1 Å². The van der Waals surface area contributed by atoms with E-state index in [2.05, 4.69) is 39.5 Å². The smallest absolute Gasteiger partial charge is 0.223 e. The summed E-state index contributed by atoms with van der Waals surface area (Å²) in [6.07, 6.45) is 6.32. The Morgan fingerprint density at radius 3 is 2.64 bits per heavy atom. The molecule has 0 radical (unpaired) electrons. The number of anilines is 1. The first kappa shape index (κ1) is 22.0. The Hall–Kier alpha value is -2.86. The number of likely N-dealkylation sites (tertiary alicyclic amines) is 1. The summed E-state index contributed by atoms with van der Waals surface area (Å²) in [5.74, 6) is 0.0882. The molecule has 3 aromatic rings. The number of carbonyl (C=O) groups excluding carboxylic acids is 1. The molecule has 174 valence electrons. The highest BCUT2D eigenvalue weighted by molar-refractivity contribution is 5.86. The van der Waals surface area contributed by atoms with Crippen molar-refractivity contribution in [2.24, 2.45) is 0 Å². The normalized spacial score (nSPS) is 17.6. The van der Waals surface area contributed by atoms with E-state index in [1.807, 2.05) is 11.0 Å². The molecule has 1 amide bonds. The lowest BCUT2D eigenvalue weighted by atomic mass is 10.0. The lowest BCUT2D eigenvalue weighted by Gasteiger charge is -2.34. The van der Waals surface area contributed by atoms with Crippen LogP contribution in [0.3, 0.4) is 0 Å². The standard InChI is InChI=1S/C27H33FN4O/c28-22-7-8-25-21(17-22)19-26(30-25)20-5-4-6-24(18-20)31-15-10-23(11-16-31)29-12-9-27(33)32-13-2-1-3-14-32/h4-8,17-19,23,29-30H,1-3,9-16H2. The molecular weight excluding hydrogens is 415 g/mol. The van der Waals surface area contributed by atoms with Gasteiger partial charge in [0, 0.05) is 67.5 Å². The molecule has 2 aliphatic rings. The highest BCUT2D eigenvalue weighted by atomic mass is 19.1. The Bertz CT molecular complexity index is 1100. The van der Waals surface area contributed by atoms with Crippen molar-refractivity contribution in [3.63, 3.8) is 0 Å². The Morgan fingerprint density at radius 1 is 1.00 bits per heavy atom. The SMILES string of the molecule is O=C(CCNC1CCN(c2cccc(-c3cc4cc(F)ccc4[nH]3)c2)CC1)N1CCCCC1. The summed E-state index contributed by atoms with van der Waals surface area (Å²) < 4.78 is 13.5. The first-order chi connectivity index (χ1) is 16.2. The molecular formula is C27H33FN4O. The van der Waals surface area contributed by atoms with E-state index in [1.165, 1.54) is 18.2 Å². The third kappa shape index (κ3) is 5.22. The van der Waals surface area contributed by atoms with Crippen LogP contribution in [0, 0.1) is 5.82 Å². The zero-order valence-corrected chi connectivity index (χ0v) is 19.2. The summed E-state index contributed by atoms with van der Waals surface area (Å²) in [5, 5.41) is 4.50. The predicted octanol–water partition coefficient (Wildman–Crippen LogP) is 4.94. The summed E-state index contributed by atoms with van der Waals surface area (Å²) in [6, 6.07) is 15.9. The average Bonchev–Trinajstić information content (AvgIpc) is 3.28. The van der Waals surface area contributed by atoms with Crippen molar-refractivity contribution >= 4 is 22.5 Å². The first-order valence-electron chi connectivity index (χ1n) is 12.3. The Balaban J connectivity index is 1.14. The van der Waals surface area contributed by atoms with Crippen molar-refractivity contribution < 1.29 is 9.18 Å². The van der Waals surface area contributed by atoms with E-state index in [0.717, 1.165) is 80.6 Å². The van der Waals surface area contributed by atoms with Crippen LogP contribution in [0.2, 0.25) is 0 Å². The molecule has 2 aromatic carbocycles. The molecule has 2 N–H and O–H groups in total. The fourth-order valence-electron chi connectivity index (χ4n) is 5.16. The number of piperidine rings is 2. The molecule has 0 atom stereocenters. The molecule has 0 bridgehead atoms. The zero-order valence-electron chi connectivity index (χ0n) is 19.2. The fourth-order valence-corrected chi connectivity index (χ4v) is 5.16. The second-order valence-electron chi connectivity index (χ2n) is 9.37. The predicted molar refractivity (Wildman–Crippen MR) is 132 cm³/mol. The number of H-pyrrole nitrogens is 1. The van der Waals surface area contributed by atoms with E-state index < -0.39 is 0 Å². The number of aromatic amines is 1. The van der Waals surface area contributed by atoms with Crippen LogP contribution in [0.15, 0.2) is 48.5 Å². The van der Waals surface area contributed by atoms with Gasteiger partial charge in [0.2, 0.25) is 5.91 Å². The second kappa shape index (κ2) is 9.96. The highest BCUT2D eigenvalue weighted by Crippen LogP contribution is 2.29. The van der Waals surface area contributed by atoms with Crippen LogP contribution in [-0.4, -0.2) is 54.6 Å². The summed E-state index contributed by atoms with van der Waals surface area (Å²) in [4.78, 5) is 20.2. The van der Waals surface area contributed by atoms with Gasteiger partial charge in [0.15, 0.2) is 0 Å². The van der Waals surface area contributed by atoms with Gasteiger partial charge in [-0.3, -0.25) is 4.79 Å². The van der Waals surface area contributed by atoms with E-state index in [1.54, 1.807) is 12.1 Å². The molecule has 2 fully saturated rings. The molecule has 5 nitrogen and oxygen atoms in total. The molecule has 0 unspecified atom stereocenters. The van der Waals surface area contributed by atoms with Gasteiger partial charge in [-0.25, -0.2) is 4.39 Å². The Morgan fingerprint density at radius 2 is 1.82 bits per heavy atom. The molecule has 2 saturated heterocycles. The molecule has 0 saturated carbocycles. The molecule has 33 heavy (non-hydrogen) atoms. The first-order valence-corrected chi connectivity index (χ1v) is 12.3. The lowest BCUT2D eigenvalue weighted by molar-refractivity contribution is -0.132. The van der Waals surface area contributed by atoms with Crippen LogP contribution < -0.4 is 10.2 Å². The van der Waals surface area contributed by atoms with Gasteiger partial charge >= 0.3 is 0 Å². The van der Waals surface area contributed by atoms with Crippen LogP contribution in [0.5, 0.6) is 0 Å². The number of hydrogen-bond donors (Lipinski definition) is 2. The third-order valence-electron chi connectivity index (χ3n) is 7.08. The highest BCUT2D eigenvalue weighted by Gasteiger charge is 2.21. The van der Waals surface area contributed by atoms with Gasteiger partial charge < -0.3 is 20.1 Å². The molecule has 1 aromatic heterocycles. The molecule has 2 aliphatic heterocycles. The zero-order chi connectivity index (χ0) is 22.6. The molecule has 5 rings (SSSR count). The largest absolute Gasteiger partial charge is 0.371 e. The van der Waals surface area contributed by atoms with Crippen molar-refractivity contribution in [3.05, 3.63) is 54.3 Å². The maximum atomic E-state index is 13.5. The number of rotatable bonds is 6. The monoisotopic (exact) mass is 448 g/mol. The van der Waals surface area contributed by atoms with Crippen LogP contribution in [-0.2, 0) is 4.79 Å². The van der Waals surface area contributed by atoms with Crippen LogP contribution in [0.25, 0.3) is 22.2 Å². The van der Waals surface area contributed by atoms with Gasteiger partial charge in [-0.2, -0.15) is 0 Å². The quantitative estimate of drug-likeness (QED) is 0.562. The minimum atomic E-state index is -0.214. The van der Waals surface area contributed by atoms with Crippen molar-refractivity contribution in [1.82, 2.24) is 15.2 Å². The van der Waals surface area contributed by atoms with E-state index in [0.29, 0.717) is 18.4 Å². The van der Waals surface area contributed by atoms with Crippen LogP contribution in [0.1, 0.15) is 38.5 Å². The molecule has 0 aliphatic carbocycles. The minimum absolute atomic E-state index is 0.214. The summed E-state index contributed by atoms with van der Waals surface area (Å²) in [5.41, 5.74) is 4.28. The van der Waals surface area contributed by atoms with Crippen LogP contribution in [0.4, 0.5) is 10.1 Å². The van der Waals surface area contributed by atoms with Gasteiger partial charge in [0.25, 0.3) is 0 Å². The average molecular weight is 449 g/mol. The van der Waals surface area contributed by atoms with Gasteiger partial charge in [-0.1, -0.05) is 12.1 Å². The number of carbonyl (C=O) groups is 1. The van der Waals surface area contributed by atoms with Crippen molar-refractivity contribution in [1.29, 1.82) is 0 Å². The maximum absolute atomic E-state index is 13.5. The van der Waals surface area contributed by atoms with E-state index >= 15 is 0 Å². The number of nitrogens with zero attached hydrogens (tertiary/aromatic N) is 2. The summed E-state index contributed by atoms with van der Waals surface area (Å²) in [7, 11) is 0. The van der Waals surface area contributed by atoms with Gasteiger partial charge in [-0.15, -0.1) is 0 Å². The molecule has 0 spiro atoms. The Kier molecular flexibility index (Phi) is 6.63. The van der Waals surface area contributed by atoms with E-state index in [9.17, 15) is 9.18 Å². The lowest BCUT2D eigenvalue weighted by Crippen LogP contribution is -2.44. The number of aromatic nitrogens is 1. The van der Waals surface area contributed by atoms with Crippen molar-refractivity contribution in [3.8, 4) is 11.3 Å². The van der Waals surface area contributed by atoms with Gasteiger partial charge in [0.05, 0.1) is 0 Å². The molecule has 3 heterocycles. The number of nitrogens with one attached hydrogen (secondary N) is 2. The number of amides is 1. The topological polar surface area (TPSA) is 51.4 Å². The van der Waals surface area contributed by atoms with Crippen molar-refractivity contribution in [2.45, 2.75) is 44.6 Å². The van der Waals surface area contributed by atoms with Crippen LogP contribution >= 0.6 is 0 Å². The minimum Gasteiger partial charge on any atom is -0.371 e. The third-order valence-corrected chi connectivity index (χ3v) is 7.08. The van der Waals surface area contributed by atoms with Gasteiger partial charge in [0.1, 0.15) is 5.82 Å². The number of benzene rings is 2. The number of hydrogen-bond acceptors (Lipinski definition) is 3. The van der Waals surface area contributed by atoms with E-state index in [4.69, 9.17) is 0 Å². The summed E-state index contributed by atoms with van der Waals surface area (Å²) in [6.45, 7) is 4.64. The van der Waals surface area contributed by atoms with E-state index in [-0.39, 0.29) is 5.82 Å². The summed E-state index contributed by atoms with van der Waals surface area (Å²) >= 11 is 0.